The lowest BCUT2D eigenvalue weighted by atomic mass is 10.1. The number of nitrogens with one attached hydrogen (secondary N) is 1. The van der Waals surface area contributed by atoms with Crippen LogP contribution in [0.3, 0.4) is 0 Å². The van der Waals surface area contributed by atoms with Crippen LogP contribution in [0.15, 0.2) is 0 Å². The third kappa shape index (κ3) is 4.88. The first-order chi connectivity index (χ1) is 7.50. The zero-order valence-corrected chi connectivity index (χ0v) is 10.5. The van der Waals surface area contributed by atoms with Gasteiger partial charge in [-0.15, -0.1) is 11.8 Å². The molecule has 1 unspecified atom stereocenters. The number of hydrogen-bond acceptors (Lipinski definition) is 3. The Bertz CT molecular complexity index is 264. The van der Waals surface area contributed by atoms with Gasteiger partial charge in [0.2, 0.25) is 5.91 Å². The van der Waals surface area contributed by atoms with Crippen molar-refractivity contribution in [2.24, 2.45) is 11.8 Å². The molecule has 0 aromatic carbocycles. The van der Waals surface area contributed by atoms with Crippen molar-refractivity contribution >= 4 is 23.6 Å². The van der Waals surface area contributed by atoms with E-state index in [4.69, 9.17) is 5.11 Å². The summed E-state index contributed by atoms with van der Waals surface area (Å²) in [4.78, 5) is 22.3. The van der Waals surface area contributed by atoms with Gasteiger partial charge in [0.25, 0.3) is 0 Å². The molecule has 0 spiro atoms. The first kappa shape index (κ1) is 13.4. The van der Waals surface area contributed by atoms with Crippen LogP contribution < -0.4 is 5.32 Å². The fourth-order valence-corrected chi connectivity index (χ4v) is 2.31. The van der Waals surface area contributed by atoms with E-state index in [1.54, 1.807) is 0 Å². The number of carboxylic acids is 1. The van der Waals surface area contributed by atoms with Crippen LogP contribution in [-0.2, 0) is 9.59 Å². The fourth-order valence-electron chi connectivity index (χ4n) is 1.35. The van der Waals surface area contributed by atoms with Gasteiger partial charge >= 0.3 is 5.97 Å². The lowest BCUT2D eigenvalue weighted by molar-refractivity contribution is -0.137. The monoisotopic (exact) mass is 245 g/mol. The number of carbonyl (C=O) groups is 2. The number of hydrogen-bond donors (Lipinski definition) is 2. The quantitative estimate of drug-likeness (QED) is 0.710. The topological polar surface area (TPSA) is 66.4 Å². The minimum atomic E-state index is -0.838. The Hall–Kier alpha value is -0.710. The Morgan fingerprint density at radius 3 is 2.50 bits per heavy atom. The van der Waals surface area contributed by atoms with Crippen molar-refractivity contribution in [1.82, 2.24) is 5.32 Å². The summed E-state index contributed by atoms with van der Waals surface area (Å²) in [6, 6.07) is 0. The maximum Gasteiger partial charge on any atom is 0.316 e. The molecule has 0 saturated heterocycles. The van der Waals surface area contributed by atoms with E-state index in [1.807, 2.05) is 13.8 Å². The zero-order valence-electron chi connectivity index (χ0n) is 9.73. The molecule has 1 amide bonds. The van der Waals surface area contributed by atoms with E-state index in [0.717, 1.165) is 6.54 Å². The first-order valence-corrected chi connectivity index (χ1v) is 6.66. The number of carbonyl (C=O) groups excluding carboxylic acids is 1. The normalized spacial score (nSPS) is 17.2. The van der Waals surface area contributed by atoms with Gasteiger partial charge in [-0.2, -0.15) is 0 Å². The van der Waals surface area contributed by atoms with Crippen LogP contribution in [0, 0.1) is 11.8 Å². The van der Waals surface area contributed by atoms with E-state index in [1.165, 1.54) is 24.6 Å². The molecule has 1 aliphatic carbocycles. The summed E-state index contributed by atoms with van der Waals surface area (Å²) in [5.41, 5.74) is 0. The molecule has 16 heavy (non-hydrogen) atoms. The zero-order chi connectivity index (χ0) is 12.1. The molecule has 5 heteroatoms. The van der Waals surface area contributed by atoms with Crippen molar-refractivity contribution < 1.29 is 14.7 Å². The highest BCUT2D eigenvalue weighted by Gasteiger charge is 2.24. The summed E-state index contributed by atoms with van der Waals surface area (Å²) in [6.07, 6.45) is 2.41. The second kappa shape index (κ2) is 6.13. The van der Waals surface area contributed by atoms with E-state index >= 15 is 0 Å². The van der Waals surface area contributed by atoms with Gasteiger partial charge in [-0.05, 0) is 24.7 Å². The molecule has 2 N–H and O–H groups in total. The summed E-state index contributed by atoms with van der Waals surface area (Å²) in [7, 11) is 0. The molecule has 0 aromatic heterocycles. The van der Waals surface area contributed by atoms with E-state index in [0.29, 0.717) is 5.92 Å². The van der Waals surface area contributed by atoms with Gasteiger partial charge in [0.05, 0.1) is 5.75 Å². The number of aliphatic carboxylic acids is 1. The van der Waals surface area contributed by atoms with Gasteiger partial charge in [0.1, 0.15) is 5.25 Å². The highest BCUT2D eigenvalue weighted by atomic mass is 32.2. The average molecular weight is 245 g/mol. The molecule has 1 aliphatic rings. The molecule has 1 rings (SSSR count). The highest BCUT2D eigenvalue weighted by molar-refractivity contribution is 8.01. The van der Waals surface area contributed by atoms with Gasteiger partial charge in [-0.3, -0.25) is 9.59 Å². The SMILES string of the molecule is CC(C)C(SCC(=O)NCC1CC1)C(=O)O. The minimum absolute atomic E-state index is 0.0405. The summed E-state index contributed by atoms with van der Waals surface area (Å²) >= 11 is 1.21. The van der Waals surface area contributed by atoms with Crippen LogP contribution in [0.2, 0.25) is 0 Å². The molecular weight excluding hydrogens is 226 g/mol. The Labute approximate surface area is 100 Å². The predicted molar refractivity (Wildman–Crippen MR) is 64.5 cm³/mol. The molecule has 0 aromatic rings. The van der Waals surface area contributed by atoms with Crippen molar-refractivity contribution in [3.05, 3.63) is 0 Å². The second-order valence-corrected chi connectivity index (χ2v) is 5.69. The molecule has 0 aliphatic heterocycles. The van der Waals surface area contributed by atoms with Gasteiger partial charge < -0.3 is 10.4 Å². The number of rotatable bonds is 7. The molecule has 1 saturated carbocycles. The van der Waals surface area contributed by atoms with E-state index < -0.39 is 11.2 Å². The highest BCUT2D eigenvalue weighted by Crippen LogP contribution is 2.27. The van der Waals surface area contributed by atoms with Crippen LogP contribution in [0.4, 0.5) is 0 Å². The maximum atomic E-state index is 11.4. The Morgan fingerprint density at radius 1 is 1.44 bits per heavy atom. The van der Waals surface area contributed by atoms with Crippen molar-refractivity contribution in [1.29, 1.82) is 0 Å². The number of carboxylic acid groups (broad SMARTS) is 1. The summed E-state index contributed by atoms with van der Waals surface area (Å²) in [6.45, 7) is 4.46. The predicted octanol–water partition coefficient (Wildman–Crippen LogP) is 1.35. The third-order valence-corrected chi connectivity index (χ3v) is 4.06. The molecule has 4 nitrogen and oxygen atoms in total. The lowest BCUT2D eigenvalue weighted by Crippen LogP contribution is -2.30. The largest absolute Gasteiger partial charge is 0.480 e. The number of thioether (sulfide) groups is 1. The number of amides is 1. The first-order valence-electron chi connectivity index (χ1n) is 5.61. The smallest absolute Gasteiger partial charge is 0.316 e. The van der Waals surface area contributed by atoms with Crippen LogP contribution >= 0.6 is 11.8 Å². The fraction of sp³-hybridized carbons (Fsp3) is 0.818. The standard InChI is InChI=1S/C11H19NO3S/c1-7(2)10(11(14)15)16-6-9(13)12-5-8-3-4-8/h7-8,10H,3-6H2,1-2H3,(H,12,13)(H,14,15). The summed E-state index contributed by atoms with van der Waals surface area (Å²) in [5.74, 6) is 0.0499. The maximum absolute atomic E-state index is 11.4. The van der Waals surface area contributed by atoms with Gasteiger partial charge in [-0.25, -0.2) is 0 Å². The average Bonchev–Trinajstić information content (AvgIpc) is 2.97. The second-order valence-electron chi connectivity index (χ2n) is 4.56. The Morgan fingerprint density at radius 2 is 2.06 bits per heavy atom. The molecule has 0 bridgehead atoms. The molecule has 1 fully saturated rings. The van der Waals surface area contributed by atoms with Gasteiger partial charge in [-0.1, -0.05) is 13.8 Å². The van der Waals surface area contributed by atoms with E-state index in [2.05, 4.69) is 5.32 Å². The van der Waals surface area contributed by atoms with Crippen LogP contribution in [-0.4, -0.2) is 34.5 Å². The lowest BCUT2D eigenvalue weighted by Gasteiger charge is -2.15. The summed E-state index contributed by atoms with van der Waals surface area (Å²) in [5, 5.41) is 11.3. The molecule has 0 heterocycles. The molecular formula is C11H19NO3S. The summed E-state index contributed by atoms with van der Waals surface area (Å²) < 4.78 is 0. The van der Waals surface area contributed by atoms with Gasteiger partial charge in [0.15, 0.2) is 0 Å². The van der Waals surface area contributed by atoms with Crippen LogP contribution in [0.1, 0.15) is 26.7 Å². The van der Waals surface area contributed by atoms with Crippen LogP contribution in [0.5, 0.6) is 0 Å². The Balaban J connectivity index is 2.19. The third-order valence-electron chi connectivity index (χ3n) is 2.53. The van der Waals surface area contributed by atoms with Gasteiger partial charge in [0, 0.05) is 6.54 Å². The van der Waals surface area contributed by atoms with Crippen molar-refractivity contribution in [3.8, 4) is 0 Å². The molecule has 92 valence electrons. The molecule has 1 atom stereocenters. The van der Waals surface area contributed by atoms with E-state index in [9.17, 15) is 9.59 Å². The Kier molecular flexibility index (Phi) is 5.12. The van der Waals surface area contributed by atoms with Crippen LogP contribution in [0.25, 0.3) is 0 Å². The van der Waals surface area contributed by atoms with Crippen molar-refractivity contribution in [2.75, 3.05) is 12.3 Å². The molecule has 0 radical (unpaired) electrons. The van der Waals surface area contributed by atoms with Crippen molar-refractivity contribution in [2.45, 2.75) is 31.9 Å². The van der Waals surface area contributed by atoms with Crippen molar-refractivity contribution in [3.63, 3.8) is 0 Å². The van der Waals surface area contributed by atoms with E-state index in [-0.39, 0.29) is 17.6 Å². The minimum Gasteiger partial charge on any atom is -0.480 e.